The quantitative estimate of drug-likeness (QED) is 0.659. The van der Waals surface area contributed by atoms with Crippen molar-refractivity contribution in [3.63, 3.8) is 0 Å². The normalized spacial score (nSPS) is 28.6. The van der Waals surface area contributed by atoms with Crippen LogP contribution in [0.5, 0.6) is 5.75 Å². The highest BCUT2D eigenvalue weighted by molar-refractivity contribution is 5.73. The molecule has 0 saturated heterocycles. The highest BCUT2D eigenvalue weighted by atomic mass is 16.6. The molecule has 2 aliphatic carbocycles. The number of carbonyl (C=O) groups excluding carboxylic acids is 2. The van der Waals surface area contributed by atoms with E-state index in [1.54, 1.807) is 0 Å². The lowest BCUT2D eigenvalue weighted by Crippen LogP contribution is -2.60. The molecule has 2 fully saturated rings. The first-order valence-corrected chi connectivity index (χ1v) is 11.6. The van der Waals surface area contributed by atoms with Gasteiger partial charge in [-0.1, -0.05) is 19.1 Å². The van der Waals surface area contributed by atoms with Crippen molar-refractivity contribution in [3.8, 4) is 5.75 Å². The van der Waals surface area contributed by atoms with E-state index in [1.165, 1.54) is 7.11 Å². The third-order valence-electron chi connectivity index (χ3n) is 6.87. The molecule has 2 saturated carbocycles. The van der Waals surface area contributed by atoms with Crippen LogP contribution in [0.25, 0.3) is 0 Å². The van der Waals surface area contributed by atoms with E-state index in [2.05, 4.69) is 5.32 Å². The summed E-state index contributed by atoms with van der Waals surface area (Å²) in [5.74, 6) is 0.788. The van der Waals surface area contributed by atoms with Crippen LogP contribution in [0.1, 0.15) is 82.9 Å². The van der Waals surface area contributed by atoms with Gasteiger partial charge in [0.05, 0.1) is 19.1 Å². The maximum Gasteiger partial charge on any atom is 0.407 e. The largest absolute Gasteiger partial charge is 0.487 e. The summed E-state index contributed by atoms with van der Waals surface area (Å²) < 4.78 is 16.8. The zero-order valence-corrected chi connectivity index (χ0v) is 19.6. The molecule has 0 radical (unpaired) electrons. The molecule has 7 heteroatoms. The third kappa shape index (κ3) is 4.72. The van der Waals surface area contributed by atoms with Crippen LogP contribution in [0.2, 0.25) is 0 Å². The van der Waals surface area contributed by atoms with Crippen molar-refractivity contribution in [1.29, 1.82) is 0 Å². The van der Waals surface area contributed by atoms with Crippen LogP contribution in [0.4, 0.5) is 4.79 Å². The summed E-state index contributed by atoms with van der Waals surface area (Å²) in [5, 5.41) is 13.7. The Labute approximate surface area is 189 Å². The topological polar surface area (TPSA) is 94.1 Å². The van der Waals surface area contributed by atoms with E-state index in [0.717, 1.165) is 24.0 Å². The van der Waals surface area contributed by atoms with E-state index < -0.39 is 23.4 Å². The summed E-state index contributed by atoms with van der Waals surface area (Å²) in [7, 11) is 1.43. The minimum atomic E-state index is -0.618. The summed E-state index contributed by atoms with van der Waals surface area (Å²) in [6.45, 7) is 7.42. The Bertz CT molecular complexity index is 881. The summed E-state index contributed by atoms with van der Waals surface area (Å²) in [6.07, 6.45) is 2.91. The van der Waals surface area contributed by atoms with Crippen molar-refractivity contribution in [2.24, 2.45) is 11.8 Å². The van der Waals surface area contributed by atoms with Gasteiger partial charge >= 0.3 is 12.1 Å². The Morgan fingerprint density at radius 1 is 1.22 bits per heavy atom. The number of ether oxygens (including phenoxy) is 3. The van der Waals surface area contributed by atoms with E-state index in [4.69, 9.17) is 14.2 Å². The Balaban J connectivity index is 1.47. The van der Waals surface area contributed by atoms with Crippen LogP contribution in [0.3, 0.4) is 0 Å². The lowest BCUT2D eigenvalue weighted by atomic mass is 9.70. The summed E-state index contributed by atoms with van der Waals surface area (Å²) in [4.78, 5) is 24.3. The Kier molecular flexibility index (Phi) is 5.90. The van der Waals surface area contributed by atoms with Crippen LogP contribution in [0, 0.1) is 11.8 Å². The first-order chi connectivity index (χ1) is 15.0. The molecular formula is C25H35NO6. The third-order valence-corrected chi connectivity index (χ3v) is 6.87. The first kappa shape index (κ1) is 22.9. The number of hydrogen-bond donors (Lipinski definition) is 2. The van der Waals surface area contributed by atoms with Crippen LogP contribution in [-0.4, -0.2) is 41.5 Å². The number of amides is 1. The zero-order chi connectivity index (χ0) is 23.3. The molecule has 7 nitrogen and oxygen atoms in total. The maximum absolute atomic E-state index is 12.2. The van der Waals surface area contributed by atoms with E-state index in [9.17, 15) is 14.7 Å². The number of nitrogens with one attached hydrogen (secondary N) is 1. The van der Waals surface area contributed by atoms with E-state index in [0.29, 0.717) is 30.9 Å². The minimum Gasteiger partial charge on any atom is -0.487 e. The fraction of sp³-hybridized carbons (Fsp3) is 0.680. The van der Waals surface area contributed by atoms with Gasteiger partial charge in [0.15, 0.2) is 0 Å². The second-order valence-corrected chi connectivity index (χ2v) is 10.7. The molecule has 1 aliphatic heterocycles. The van der Waals surface area contributed by atoms with Crippen molar-refractivity contribution in [2.45, 2.75) is 89.1 Å². The number of hydrogen-bond acceptors (Lipinski definition) is 6. The van der Waals surface area contributed by atoms with Gasteiger partial charge in [0.1, 0.15) is 17.0 Å². The molecule has 176 valence electrons. The molecule has 3 aliphatic rings. The Morgan fingerprint density at radius 3 is 2.50 bits per heavy atom. The van der Waals surface area contributed by atoms with E-state index in [-0.39, 0.29) is 23.8 Å². The number of rotatable bonds is 5. The number of aliphatic hydroxyl groups is 1. The van der Waals surface area contributed by atoms with E-state index >= 15 is 0 Å². The van der Waals surface area contributed by atoms with Gasteiger partial charge < -0.3 is 24.6 Å². The summed E-state index contributed by atoms with van der Waals surface area (Å²) >= 11 is 0. The molecule has 1 spiro atoms. The van der Waals surface area contributed by atoms with Gasteiger partial charge in [0, 0.05) is 30.9 Å². The Hall–Kier alpha value is -2.28. The number of alkyl carbamates (subject to hydrolysis) is 1. The highest BCUT2D eigenvalue weighted by Crippen LogP contribution is 2.52. The number of benzene rings is 1. The summed E-state index contributed by atoms with van der Waals surface area (Å²) in [5.41, 5.74) is 0.797. The maximum atomic E-state index is 12.2. The molecular weight excluding hydrogens is 410 g/mol. The molecule has 3 unspecified atom stereocenters. The van der Waals surface area contributed by atoms with Gasteiger partial charge in [0.25, 0.3) is 0 Å². The number of esters is 1. The molecule has 1 aromatic carbocycles. The highest BCUT2D eigenvalue weighted by Gasteiger charge is 2.51. The van der Waals surface area contributed by atoms with Crippen molar-refractivity contribution >= 4 is 12.1 Å². The molecule has 0 bridgehead atoms. The number of aliphatic hydroxyl groups excluding tert-OH is 1. The second-order valence-electron chi connectivity index (χ2n) is 10.7. The monoisotopic (exact) mass is 445 g/mol. The van der Waals surface area contributed by atoms with Crippen molar-refractivity contribution in [1.82, 2.24) is 5.32 Å². The van der Waals surface area contributed by atoms with Crippen molar-refractivity contribution in [3.05, 3.63) is 29.3 Å². The molecule has 0 aromatic heterocycles. The molecule has 2 N–H and O–H groups in total. The average molecular weight is 446 g/mol. The molecule has 1 aromatic rings. The van der Waals surface area contributed by atoms with E-state index in [1.807, 2.05) is 45.9 Å². The number of fused-ring (bicyclic) bond motifs is 1. The van der Waals surface area contributed by atoms with Gasteiger partial charge in [-0.25, -0.2) is 4.79 Å². The molecule has 4 rings (SSSR count). The lowest BCUT2D eigenvalue weighted by Gasteiger charge is -2.51. The average Bonchev–Trinajstić information content (AvgIpc) is 3.49. The Morgan fingerprint density at radius 2 is 1.91 bits per heavy atom. The zero-order valence-electron chi connectivity index (χ0n) is 19.6. The molecule has 32 heavy (non-hydrogen) atoms. The van der Waals surface area contributed by atoms with Crippen molar-refractivity contribution < 1.29 is 28.9 Å². The van der Waals surface area contributed by atoms with Gasteiger partial charge in [-0.3, -0.25) is 4.79 Å². The fourth-order valence-electron chi connectivity index (χ4n) is 5.28. The number of carbonyl (C=O) groups is 2. The molecule has 3 atom stereocenters. The standard InChI is InChI=1S/C25H35NO6/c1-14(22(28)30-5)21(15-6-7-15)16-8-9-18-19(27)13-25(31-20(18)10-16)11-17(12-25)26-23(29)32-24(2,3)4/h8-10,14-15,17,19,21,27H,6-7,11-13H2,1-5H3,(H,26,29). The predicted molar refractivity (Wildman–Crippen MR) is 118 cm³/mol. The minimum absolute atomic E-state index is 0.0414. The van der Waals surface area contributed by atoms with Crippen LogP contribution < -0.4 is 10.1 Å². The van der Waals surface area contributed by atoms with Crippen LogP contribution in [-0.2, 0) is 14.3 Å². The van der Waals surface area contributed by atoms with Gasteiger partial charge in [-0.15, -0.1) is 0 Å². The van der Waals surface area contributed by atoms with Gasteiger partial charge in [-0.05, 0) is 57.1 Å². The predicted octanol–water partition coefficient (Wildman–Crippen LogP) is 4.23. The van der Waals surface area contributed by atoms with Crippen molar-refractivity contribution in [2.75, 3.05) is 7.11 Å². The smallest absolute Gasteiger partial charge is 0.407 e. The summed E-state index contributed by atoms with van der Waals surface area (Å²) in [6, 6.07) is 5.90. The molecule has 1 amide bonds. The fourth-order valence-corrected chi connectivity index (χ4v) is 5.28. The molecule has 1 heterocycles. The SMILES string of the molecule is COC(=O)C(C)C(c1ccc2c(c1)OC1(CC(NC(=O)OC(C)(C)C)C1)CC2O)C1CC1. The van der Waals surface area contributed by atoms with Crippen LogP contribution in [0.15, 0.2) is 18.2 Å². The second kappa shape index (κ2) is 8.25. The van der Waals surface area contributed by atoms with Gasteiger partial charge in [-0.2, -0.15) is 0 Å². The first-order valence-electron chi connectivity index (χ1n) is 11.6. The lowest BCUT2D eigenvalue weighted by molar-refractivity contribution is -0.145. The van der Waals surface area contributed by atoms with Gasteiger partial charge in [0.2, 0.25) is 0 Å². The number of methoxy groups -OCH3 is 1. The van der Waals surface area contributed by atoms with Crippen LogP contribution >= 0.6 is 0 Å².